The third-order valence-electron chi connectivity index (χ3n) is 2.98. The molecule has 0 bridgehead atoms. The predicted molar refractivity (Wildman–Crippen MR) is 79.7 cm³/mol. The van der Waals surface area contributed by atoms with Crippen LogP contribution in [-0.2, 0) is 0 Å². The van der Waals surface area contributed by atoms with E-state index < -0.39 is 0 Å². The lowest BCUT2D eigenvalue weighted by Gasteiger charge is -1.93. The number of hydrogen-bond donors (Lipinski definition) is 0. The van der Waals surface area contributed by atoms with Gasteiger partial charge < -0.3 is 0 Å². The van der Waals surface area contributed by atoms with E-state index in [1.807, 2.05) is 28.7 Å². The first kappa shape index (κ1) is 9.89. The molecule has 82 valence electrons. The normalized spacial score (nSPS) is 11.8. The van der Waals surface area contributed by atoms with Crippen LogP contribution in [0.1, 0.15) is 0 Å². The molecule has 0 aliphatic rings. The quantitative estimate of drug-likeness (QED) is 0.373. The highest BCUT2D eigenvalue weighted by Crippen LogP contribution is 2.44. The molecular formula is C14H7ClS2. The molecule has 0 aliphatic heterocycles. The van der Waals surface area contributed by atoms with Gasteiger partial charge in [-0.15, -0.1) is 22.7 Å². The van der Waals surface area contributed by atoms with Crippen LogP contribution >= 0.6 is 34.3 Å². The largest absolute Gasteiger partial charge is 0.124 e. The Labute approximate surface area is 111 Å². The first-order valence-electron chi connectivity index (χ1n) is 5.32. The molecule has 0 saturated heterocycles. The number of rotatable bonds is 0. The third-order valence-corrected chi connectivity index (χ3v) is 5.63. The zero-order valence-electron chi connectivity index (χ0n) is 8.74. The standard InChI is InChI=1S/C14H7ClS2/c15-8-5-6-10-12(7-8)17-14-13(10)9-3-1-2-4-11(9)16-14/h1-7H. The van der Waals surface area contributed by atoms with Crippen molar-refractivity contribution in [3.8, 4) is 0 Å². The Morgan fingerprint density at radius 3 is 2.53 bits per heavy atom. The summed E-state index contributed by atoms with van der Waals surface area (Å²) in [7, 11) is 0. The van der Waals surface area contributed by atoms with Gasteiger partial charge in [-0.05, 0) is 18.2 Å². The maximum atomic E-state index is 6.04. The molecule has 2 heterocycles. The third kappa shape index (κ3) is 1.35. The maximum Gasteiger partial charge on any atom is 0.0890 e. The van der Waals surface area contributed by atoms with E-state index in [-0.39, 0.29) is 0 Å². The lowest BCUT2D eigenvalue weighted by atomic mass is 10.1. The van der Waals surface area contributed by atoms with Gasteiger partial charge in [-0.2, -0.15) is 0 Å². The van der Waals surface area contributed by atoms with Gasteiger partial charge in [-0.25, -0.2) is 0 Å². The lowest BCUT2D eigenvalue weighted by molar-refractivity contribution is 1.85. The van der Waals surface area contributed by atoms with Crippen molar-refractivity contribution in [2.75, 3.05) is 0 Å². The molecule has 4 aromatic rings. The number of thiophene rings is 2. The first-order valence-corrected chi connectivity index (χ1v) is 7.33. The van der Waals surface area contributed by atoms with Crippen molar-refractivity contribution >= 4 is 63.8 Å². The van der Waals surface area contributed by atoms with Gasteiger partial charge in [0.1, 0.15) is 0 Å². The Morgan fingerprint density at radius 2 is 1.59 bits per heavy atom. The molecule has 0 amide bonds. The summed E-state index contributed by atoms with van der Waals surface area (Å²) in [5.74, 6) is 0. The first-order chi connectivity index (χ1) is 8.33. The Hall–Kier alpha value is -1.09. The van der Waals surface area contributed by atoms with Crippen molar-refractivity contribution in [1.82, 2.24) is 0 Å². The fourth-order valence-electron chi connectivity index (χ4n) is 2.24. The highest BCUT2D eigenvalue weighted by molar-refractivity contribution is 7.44. The maximum absolute atomic E-state index is 6.04. The minimum Gasteiger partial charge on any atom is -0.124 e. The molecule has 0 atom stereocenters. The zero-order chi connectivity index (χ0) is 11.4. The van der Waals surface area contributed by atoms with Crippen molar-refractivity contribution in [1.29, 1.82) is 0 Å². The lowest BCUT2D eigenvalue weighted by Crippen LogP contribution is -1.66. The topological polar surface area (TPSA) is 0 Å². The van der Waals surface area contributed by atoms with Gasteiger partial charge in [0.25, 0.3) is 0 Å². The monoisotopic (exact) mass is 274 g/mol. The molecule has 17 heavy (non-hydrogen) atoms. The number of benzene rings is 2. The Balaban J connectivity index is 2.31. The van der Waals surface area contributed by atoms with Gasteiger partial charge >= 0.3 is 0 Å². The van der Waals surface area contributed by atoms with Gasteiger partial charge in [-0.3, -0.25) is 0 Å². The second kappa shape index (κ2) is 3.45. The fraction of sp³-hybridized carbons (Fsp3) is 0. The van der Waals surface area contributed by atoms with Crippen molar-refractivity contribution < 1.29 is 0 Å². The highest BCUT2D eigenvalue weighted by atomic mass is 35.5. The van der Waals surface area contributed by atoms with Crippen LogP contribution in [0.4, 0.5) is 0 Å². The van der Waals surface area contributed by atoms with Crippen molar-refractivity contribution in [3.63, 3.8) is 0 Å². The van der Waals surface area contributed by atoms with Crippen LogP contribution in [0.15, 0.2) is 42.5 Å². The molecular weight excluding hydrogens is 268 g/mol. The highest BCUT2D eigenvalue weighted by Gasteiger charge is 2.11. The average molecular weight is 275 g/mol. The number of fused-ring (bicyclic) bond motifs is 5. The summed E-state index contributed by atoms with van der Waals surface area (Å²) < 4.78 is 4.04. The molecule has 0 N–H and O–H groups in total. The summed E-state index contributed by atoms with van der Waals surface area (Å²) in [6.45, 7) is 0. The van der Waals surface area contributed by atoms with E-state index in [0.29, 0.717) is 0 Å². The van der Waals surface area contributed by atoms with E-state index >= 15 is 0 Å². The van der Waals surface area contributed by atoms with E-state index in [1.54, 1.807) is 0 Å². The van der Waals surface area contributed by atoms with Gasteiger partial charge in [0.15, 0.2) is 0 Å². The van der Waals surface area contributed by atoms with Crippen LogP contribution in [0, 0.1) is 0 Å². The zero-order valence-corrected chi connectivity index (χ0v) is 11.1. The van der Waals surface area contributed by atoms with Crippen molar-refractivity contribution in [2.45, 2.75) is 0 Å². The van der Waals surface area contributed by atoms with E-state index in [4.69, 9.17) is 11.6 Å². The summed E-state index contributed by atoms with van der Waals surface area (Å²) >= 11 is 9.75. The average Bonchev–Trinajstić information content (AvgIpc) is 2.83. The SMILES string of the molecule is Clc1ccc2c(c1)sc1sc3ccccc3c12. The number of hydrogen-bond acceptors (Lipinski definition) is 2. The van der Waals surface area contributed by atoms with Crippen molar-refractivity contribution in [2.24, 2.45) is 0 Å². The Kier molecular flexibility index (Phi) is 2.01. The molecule has 2 aromatic carbocycles. The summed E-state index contributed by atoms with van der Waals surface area (Å²) in [5.41, 5.74) is 0. The molecule has 4 rings (SSSR count). The van der Waals surface area contributed by atoms with E-state index in [0.717, 1.165) is 5.02 Å². The molecule has 0 unspecified atom stereocenters. The minimum absolute atomic E-state index is 0.815. The molecule has 0 fully saturated rings. The molecule has 0 radical (unpaired) electrons. The summed E-state index contributed by atoms with van der Waals surface area (Å²) in [5, 5.41) is 4.89. The molecule has 2 aromatic heterocycles. The van der Waals surface area contributed by atoms with Gasteiger partial charge in [0.05, 0.1) is 4.01 Å². The van der Waals surface area contributed by atoms with Gasteiger partial charge in [0, 0.05) is 30.6 Å². The second-order valence-corrected chi connectivity index (χ2v) is 6.80. The minimum atomic E-state index is 0.815. The fourth-order valence-corrected chi connectivity index (χ4v) is 5.12. The van der Waals surface area contributed by atoms with Crippen LogP contribution in [0.2, 0.25) is 5.02 Å². The second-order valence-electron chi connectivity index (χ2n) is 4.00. The van der Waals surface area contributed by atoms with Crippen LogP contribution in [0.3, 0.4) is 0 Å². The van der Waals surface area contributed by atoms with E-state index in [9.17, 15) is 0 Å². The molecule has 3 heteroatoms. The summed E-state index contributed by atoms with van der Waals surface area (Å²) in [6.07, 6.45) is 0. The molecule has 0 spiro atoms. The van der Waals surface area contributed by atoms with E-state index in [1.165, 1.54) is 29.6 Å². The van der Waals surface area contributed by atoms with Crippen molar-refractivity contribution in [3.05, 3.63) is 47.5 Å². The number of halogens is 1. The van der Waals surface area contributed by atoms with Crippen LogP contribution < -0.4 is 0 Å². The van der Waals surface area contributed by atoms with E-state index in [2.05, 4.69) is 36.4 Å². The smallest absolute Gasteiger partial charge is 0.0890 e. The van der Waals surface area contributed by atoms with Gasteiger partial charge in [-0.1, -0.05) is 35.9 Å². The predicted octanol–water partition coefficient (Wildman–Crippen LogP) is 5.92. The Bertz CT molecular complexity index is 854. The van der Waals surface area contributed by atoms with Crippen LogP contribution in [0.5, 0.6) is 0 Å². The summed E-state index contributed by atoms with van der Waals surface area (Å²) in [6, 6.07) is 14.8. The van der Waals surface area contributed by atoms with Gasteiger partial charge in [0.2, 0.25) is 0 Å². The summed E-state index contributed by atoms with van der Waals surface area (Å²) in [4.78, 5) is 0. The molecule has 0 saturated carbocycles. The molecule has 0 aliphatic carbocycles. The molecule has 0 nitrogen and oxygen atoms in total. The Morgan fingerprint density at radius 1 is 0.824 bits per heavy atom. The van der Waals surface area contributed by atoms with Crippen LogP contribution in [0.25, 0.3) is 29.6 Å². The van der Waals surface area contributed by atoms with Crippen LogP contribution in [-0.4, -0.2) is 0 Å².